The van der Waals surface area contributed by atoms with E-state index >= 15 is 0 Å². The van der Waals surface area contributed by atoms with Crippen molar-refractivity contribution in [3.05, 3.63) is 47.3 Å². The fourth-order valence-corrected chi connectivity index (χ4v) is 2.51. The molecule has 0 spiro atoms. The summed E-state index contributed by atoms with van der Waals surface area (Å²) in [4.78, 5) is 15.4. The summed E-state index contributed by atoms with van der Waals surface area (Å²) in [5, 5.41) is 11.7. The Labute approximate surface area is 134 Å². The molecule has 3 N–H and O–H groups in total. The van der Waals surface area contributed by atoms with Crippen molar-refractivity contribution in [3.8, 4) is 17.6 Å². The van der Waals surface area contributed by atoms with Crippen LogP contribution >= 0.6 is 0 Å². The number of H-pyrrole nitrogens is 1. The molecule has 0 fully saturated rings. The number of aliphatic hydroxyl groups excluding tert-OH is 1. The Morgan fingerprint density at radius 2 is 2.22 bits per heavy atom. The lowest BCUT2D eigenvalue weighted by Gasteiger charge is -2.03. The van der Waals surface area contributed by atoms with E-state index in [1.807, 2.05) is 18.2 Å². The highest BCUT2D eigenvalue weighted by Gasteiger charge is 2.26. The average Bonchev–Trinajstić information content (AvgIpc) is 3.13. The van der Waals surface area contributed by atoms with Crippen molar-refractivity contribution in [2.75, 3.05) is 19.0 Å². The molecule has 0 aliphatic carbocycles. The first kappa shape index (κ1) is 14.9. The quantitative estimate of drug-likeness (QED) is 0.601. The van der Waals surface area contributed by atoms with E-state index in [-0.39, 0.29) is 12.5 Å². The number of carbonyl (C=O) groups is 1. The highest BCUT2D eigenvalue weighted by molar-refractivity contribution is 6.35. The Morgan fingerprint density at radius 1 is 1.35 bits per heavy atom. The van der Waals surface area contributed by atoms with Crippen LogP contribution < -0.4 is 10.1 Å². The van der Waals surface area contributed by atoms with Gasteiger partial charge >= 0.3 is 0 Å². The van der Waals surface area contributed by atoms with Crippen molar-refractivity contribution in [2.45, 2.75) is 6.42 Å². The molecule has 1 aromatic carbocycles. The fourth-order valence-electron chi connectivity index (χ4n) is 2.51. The van der Waals surface area contributed by atoms with E-state index in [1.165, 1.54) is 0 Å². The van der Waals surface area contributed by atoms with E-state index in [2.05, 4.69) is 22.1 Å². The lowest BCUT2D eigenvalue weighted by molar-refractivity contribution is -0.110. The van der Waals surface area contributed by atoms with Gasteiger partial charge in [0.2, 0.25) is 0 Å². The molecule has 3 rings (SSSR count). The van der Waals surface area contributed by atoms with Crippen LogP contribution in [-0.4, -0.2) is 29.7 Å². The van der Waals surface area contributed by atoms with Crippen molar-refractivity contribution in [3.63, 3.8) is 0 Å². The Bertz CT molecular complexity index is 837. The predicted molar refractivity (Wildman–Crippen MR) is 88.9 cm³/mol. The first-order valence-corrected chi connectivity index (χ1v) is 7.22. The lowest BCUT2D eigenvalue weighted by atomic mass is 9.99. The number of rotatable bonds is 3. The van der Waals surface area contributed by atoms with Crippen molar-refractivity contribution in [2.24, 2.45) is 0 Å². The van der Waals surface area contributed by atoms with Crippen LogP contribution in [-0.2, 0) is 4.79 Å². The van der Waals surface area contributed by atoms with Crippen LogP contribution in [0.3, 0.4) is 0 Å². The second-order valence-corrected chi connectivity index (χ2v) is 4.98. The third kappa shape index (κ3) is 2.85. The Morgan fingerprint density at radius 3 is 3.00 bits per heavy atom. The van der Waals surface area contributed by atoms with Crippen LogP contribution in [0.2, 0.25) is 0 Å². The van der Waals surface area contributed by atoms with Gasteiger partial charge in [-0.05, 0) is 24.3 Å². The second kappa shape index (κ2) is 6.42. The standard InChI is InChI=1S/C18H16N2O3/c1-23-16-8-9-19-15(16)11-13-17-12(5-2-3-10-21)6-4-7-14(17)20-18(13)22/h4,6-9,11,19,21H,3,10H2,1H3,(H,20,22)/b13-11-. The van der Waals surface area contributed by atoms with Gasteiger partial charge in [-0.25, -0.2) is 0 Å². The number of aromatic amines is 1. The average molecular weight is 308 g/mol. The summed E-state index contributed by atoms with van der Waals surface area (Å²) in [5.41, 5.74) is 3.53. The molecule has 116 valence electrons. The maximum absolute atomic E-state index is 12.3. The highest BCUT2D eigenvalue weighted by atomic mass is 16.5. The zero-order valence-electron chi connectivity index (χ0n) is 12.6. The molecule has 23 heavy (non-hydrogen) atoms. The minimum absolute atomic E-state index is 0.0155. The molecule has 2 aromatic rings. The minimum Gasteiger partial charge on any atom is -0.495 e. The minimum atomic E-state index is -0.173. The number of aromatic nitrogens is 1. The number of methoxy groups -OCH3 is 1. The Hall–Kier alpha value is -2.97. The Balaban J connectivity index is 2.10. The number of benzene rings is 1. The molecule has 0 saturated heterocycles. The second-order valence-electron chi connectivity index (χ2n) is 4.98. The van der Waals surface area contributed by atoms with Gasteiger partial charge in [0.05, 0.1) is 30.7 Å². The van der Waals surface area contributed by atoms with Crippen LogP contribution in [0, 0.1) is 11.8 Å². The van der Waals surface area contributed by atoms with Crippen molar-refractivity contribution < 1.29 is 14.6 Å². The number of anilines is 1. The van der Waals surface area contributed by atoms with Crippen LogP contribution in [0.4, 0.5) is 5.69 Å². The summed E-state index contributed by atoms with van der Waals surface area (Å²) in [6.45, 7) is 0.0155. The monoisotopic (exact) mass is 308 g/mol. The summed E-state index contributed by atoms with van der Waals surface area (Å²) in [6.07, 6.45) is 3.91. The smallest absolute Gasteiger partial charge is 0.256 e. The van der Waals surface area contributed by atoms with Crippen LogP contribution in [0.25, 0.3) is 11.6 Å². The number of fused-ring (bicyclic) bond motifs is 1. The first-order chi connectivity index (χ1) is 11.2. The topological polar surface area (TPSA) is 74.4 Å². The number of hydrogen-bond donors (Lipinski definition) is 3. The summed E-state index contributed by atoms with van der Waals surface area (Å²) >= 11 is 0. The fraction of sp³-hybridized carbons (Fsp3) is 0.167. The van der Waals surface area contributed by atoms with E-state index in [9.17, 15) is 4.79 Å². The maximum Gasteiger partial charge on any atom is 0.256 e. The van der Waals surface area contributed by atoms with Crippen LogP contribution in [0.1, 0.15) is 23.2 Å². The third-order valence-electron chi connectivity index (χ3n) is 3.53. The molecular formula is C18H16N2O3. The molecule has 0 atom stereocenters. The summed E-state index contributed by atoms with van der Waals surface area (Å²) < 4.78 is 5.27. The molecule has 0 unspecified atom stereocenters. The molecule has 5 nitrogen and oxygen atoms in total. The summed E-state index contributed by atoms with van der Waals surface area (Å²) in [7, 11) is 1.58. The molecule has 1 aliphatic heterocycles. The van der Waals surface area contributed by atoms with E-state index in [4.69, 9.17) is 9.84 Å². The molecule has 5 heteroatoms. The number of ether oxygens (including phenoxy) is 1. The van der Waals surface area contributed by atoms with Gasteiger partial charge in [-0.2, -0.15) is 0 Å². The number of hydrogen-bond acceptors (Lipinski definition) is 3. The van der Waals surface area contributed by atoms with Crippen molar-refractivity contribution in [1.29, 1.82) is 0 Å². The largest absolute Gasteiger partial charge is 0.495 e. The van der Waals surface area contributed by atoms with E-state index in [0.717, 1.165) is 22.5 Å². The van der Waals surface area contributed by atoms with E-state index < -0.39 is 0 Å². The summed E-state index contributed by atoms with van der Waals surface area (Å²) in [5.74, 6) is 6.42. The van der Waals surface area contributed by atoms with Gasteiger partial charge in [-0.15, -0.1) is 0 Å². The van der Waals surface area contributed by atoms with Crippen molar-refractivity contribution in [1.82, 2.24) is 4.98 Å². The number of carbonyl (C=O) groups excluding carboxylic acids is 1. The van der Waals surface area contributed by atoms with Gasteiger partial charge in [0.1, 0.15) is 5.75 Å². The van der Waals surface area contributed by atoms with Crippen molar-refractivity contribution >= 4 is 23.2 Å². The zero-order chi connectivity index (χ0) is 16.2. The molecule has 2 heterocycles. The third-order valence-corrected chi connectivity index (χ3v) is 3.53. The van der Waals surface area contributed by atoms with Gasteiger partial charge in [-0.1, -0.05) is 17.9 Å². The molecule has 0 saturated carbocycles. The molecular weight excluding hydrogens is 292 g/mol. The molecule has 1 aromatic heterocycles. The molecule has 1 aliphatic rings. The highest BCUT2D eigenvalue weighted by Crippen LogP contribution is 2.36. The maximum atomic E-state index is 12.3. The van der Waals surface area contributed by atoms with Gasteiger partial charge in [-0.3, -0.25) is 4.79 Å². The number of nitrogens with one attached hydrogen (secondary N) is 2. The Kier molecular flexibility index (Phi) is 4.18. The number of aliphatic hydroxyl groups is 1. The SMILES string of the molecule is COc1cc[nH]c1/C=C1\C(=O)Nc2cccc(C#CCCO)c21. The molecule has 1 amide bonds. The normalized spacial score (nSPS) is 14.2. The first-order valence-electron chi connectivity index (χ1n) is 7.22. The van der Waals surface area contributed by atoms with Gasteiger partial charge in [0.25, 0.3) is 5.91 Å². The van der Waals surface area contributed by atoms with E-state index in [1.54, 1.807) is 25.4 Å². The van der Waals surface area contributed by atoms with Crippen LogP contribution in [0.5, 0.6) is 5.75 Å². The molecule has 0 radical (unpaired) electrons. The predicted octanol–water partition coefficient (Wildman–Crippen LogP) is 2.25. The number of amides is 1. The zero-order valence-corrected chi connectivity index (χ0v) is 12.6. The van der Waals surface area contributed by atoms with Gasteiger partial charge in [0, 0.05) is 23.7 Å². The molecule has 0 bridgehead atoms. The summed E-state index contributed by atoms with van der Waals surface area (Å²) in [6, 6.07) is 7.36. The van der Waals surface area contributed by atoms with Gasteiger partial charge in [0.15, 0.2) is 0 Å². The van der Waals surface area contributed by atoms with Crippen LogP contribution in [0.15, 0.2) is 30.5 Å². The van der Waals surface area contributed by atoms with Gasteiger partial charge < -0.3 is 20.1 Å². The van der Waals surface area contributed by atoms with E-state index in [0.29, 0.717) is 17.7 Å². The lowest BCUT2D eigenvalue weighted by Crippen LogP contribution is -2.03.